The van der Waals surface area contributed by atoms with Crippen LogP contribution in [0.15, 0.2) is 24.4 Å². The summed E-state index contributed by atoms with van der Waals surface area (Å²) >= 11 is 0. The third kappa shape index (κ3) is 2.14. The van der Waals surface area contributed by atoms with Crippen LogP contribution in [0.2, 0.25) is 0 Å². The number of nitrogens with one attached hydrogen (secondary N) is 2. The first-order chi connectivity index (χ1) is 9.14. The number of likely N-dealkylation sites (N-methyl/N-ethyl adjacent to an activating group) is 1. The average Bonchev–Trinajstić information content (AvgIpc) is 3.01. The summed E-state index contributed by atoms with van der Waals surface area (Å²) in [6.45, 7) is 0.873. The molecule has 0 aliphatic heterocycles. The highest BCUT2D eigenvalue weighted by atomic mass is 19.2. The molecule has 0 radical (unpaired) electrons. The van der Waals surface area contributed by atoms with E-state index in [1.165, 1.54) is 6.07 Å². The summed E-state index contributed by atoms with van der Waals surface area (Å²) in [5.41, 5.74) is 1.42. The van der Waals surface area contributed by atoms with E-state index in [1.54, 1.807) is 12.3 Å². The van der Waals surface area contributed by atoms with Gasteiger partial charge in [-0.25, -0.2) is 13.8 Å². The van der Waals surface area contributed by atoms with Crippen molar-refractivity contribution in [2.45, 2.75) is 18.3 Å². The number of hydrogen-bond donors (Lipinski definition) is 2. The highest BCUT2D eigenvalue weighted by molar-refractivity contribution is 5.58. The molecule has 1 fully saturated rings. The van der Waals surface area contributed by atoms with Crippen LogP contribution < -0.4 is 5.32 Å². The summed E-state index contributed by atoms with van der Waals surface area (Å²) < 4.78 is 26.1. The fourth-order valence-corrected chi connectivity index (χ4v) is 2.39. The summed E-state index contributed by atoms with van der Waals surface area (Å²) in [6, 6.07) is 3.86. The Bertz CT molecular complexity index is 602. The van der Waals surface area contributed by atoms with Gasteiger partial charge >= 0.3 is 0 Å². The maximum Gasteiger partial charge on any atom is 0.159 e. The third-order valence-corrected chi connectivity index (χ3v) is 3.68. The molecular formula is C14H15F2N3. The topological polar surface area (TPSA) is 40.7 Å². The van der Waals surface area contributed by atoms with Crippen LogP contribution in [-0.4, -0.2) is 23.6 Å². The van der Waals surface area contributed by atoms with Crippen LogP contribution in [0.4, 0.5) is 8.78 Å². The minimum absolute atomic E-state index is 0.0889. The molecule has 5 heteroatoms. The Morgan fingerprint density at radius 3 is 2.74 bits per heavy atom. The standard InChI is InChI=1S/C14H15F2N3/c1-17-8-14(4-5-14)13-18-7-12(19-13)9-2-3-10(15)11(16)6-9/h2-3,6-7,17H,4-5,8H2,1H3,(H,18,19). The van der Waals surface area contributed by atoms with Gasteiger partial charge in [0.25, 0.3) is 0 Å². The number of aromatic amines is 1. The molecular weight excluding hydrogens is 248 g/mol. The van der Waals surface area contributed by atoms with E-state index in [4.69, 9.17) is 0 Å². The number of halogens is 2. The lowest BCUT2D eigenvalue weighted by Crippen LogP contribution is -2.24. The van der Waals surface area contributed by atoms with Gasteiger partial charge in [0.15, 0.2) is 11.6 Å². The van der Waals surface area contributed by atoms with Crippen LogP contribution in [0.3, 0.4) is 0 Å². The zero-order valence-electron chi connectivity index (χ0n) is 10.6. The number of benzene rings is 1. The zero-order valence-corrected chi connectivity index (χ0v) is 10.6. The number of hydrogen-bond acceptors (Lipinski definition) is 2. The molecule has 1 aliphatic rings. The van der Waals surface area contributed by atoms with Crippen LogP contribution in [-0.2, 0) is 5.41 Å². The second-order valence-corrected chi connectivity index (χ2v) is 5.09. The van der Waals surface area contributed by atoms with Gasteiger partial charge in [0, 0.05) is 17.5 Å². The lowest BCUT2D eigenvalue weighted by Gasteiger charge is -2.10. The number of nitrogens with zero attached hydrogens (tertiary/aromatic N) is 1. The van der Waals surface area contributed by atoms with Crippen molar-refractivity contribution in [3.8, 4) is 11.3 Å². The molecule has 0 atom stereocenters. The Kier molecular flexibility index (Phi) is 2.86. The summed E-state index contributed by atoms with van der Waals surface area (Å²) in [5, 5.41) is 3.16. The van der Waals surface area contributed by atoms with Crippen molar-refractivity contribution in [2.24, 2.45) is 0 Å². The van der Waals surface area contributed by atoms with Crippen molar-refractivity contribution in [3.63, 3.8) is 0 Å². The molecule has 1 aromatic carbocycles. The molecule has 0 amide bonds. The molecule has 19 heavy (non-hydrogen) atoms. The smallest absolute Gasteiger partial charge is 0.159 e. The first-order valence-electron chi connectivity index (χ1n) is 6.30. The van der Waals surface area contributed by atoms with Gasteiger partial charge in [-0.3, -0.25) is 0 Å². The molecule has 100 valence electrons. The van der Waals surface area contributed by atoms with Crippen LogP contribution >= 0.6 is 0 Å². The predicted octanol–water partition coefficient (Wildman–Crippen LogP) is 2.61. The predicted molar refractivity (Wildman–Crippen MR) is 68.8 cm³/mol. The summed E-state index contributed by atoms with van der Waals surface area (Å²) in [7, 11) is 1.92. The Morgan fingerprint density at radius 1 is 1.32 bits per heavy atom. The number of H-pyrrole nitrogens is 1. The maximum atomic E-state index is 13.2. The van der Waals surface area contributed by atoms with Gasteiger partial charge in [-0.15, -0.1) is 0 Å². The third-order valence-electron chi connectivity index (χ3n) is 3.68. The molecule has 0 spiro atoms. The molecule has 1 aromatic heterocycles. The van der Waals surface area contributed by atoms with Crippen LogP contribution in [0.1, 0.15) is 18.7 Å². The first kappa shape index (κ1) is 12.3. The Morgan fingerprint density at radius 2 is 2.11 bits per heavy atom. The number of imidazole rings is 1. The SMILES string of the molecule is CNCC1(c2ncc(-c3ccc(F)c(F)c3)[nH]2)CC1. The van der Waals surface area contributed by atoms with E-state index in [1.807, 2.05) is 7.05 Å². The molecule has 1 saturated carbocycles. The van der Waals surface area contributed by atoms with Crippen molar-refractivity contribution >= 4 is 0 Å². The second-order valence-electron chi connectivity index (χ2n) is 5.09. The lowest BCUT2D eigenvalue weighted by molar-refractivity contribution is 0.509. The average molecular weight is 263 g/mol. The largest absolute Gasteiger partial charge is 0.341 e. The first-order valence-corrected chi connectivity index (χ1v) is 6.30. The number of rotatable bonds is 4. The van der Waals surface area contributed by atoms with Crippen LogP contribution in [0, 0.1) is 11.6 Å². The van der Waals surface area contributed by atoms with Crippen molar-refractivity contribution in [1.29, 1.82) is 0 Å². The quantitative estimate of drug-likeness (QED) is 0.890. The number of aromatic nitrogens is 2. The Balaban J connectivity index is 1.91. The van der Waals surface area contributed by atoms with E-state index in [2.05, 4.69) is 15.3 Å². The van der Waals surface area contributed by atoms with Gasteiger partial charge in [0.2, 0.25) is 0 Å². The zero-order chi connectivity index (χ0) is 13.5. The fourth-order valence-electron chi connectivity index (χ4n) is 2.39. The Hall–Kier alpha value is -1.75. The van der Waals surface area contributed by atoms with Crippen molar-refractivity contribution in [1.82, 2.24) is 15.3 Å². The molecule has 0 bridgehead atoms. The lowest BCUT2D eigenvalue weighted by atomic mass is 10.1. The van der Waals surface area contributed by atoms with Crippen molar-refractivity contribution in [2.75, 3.05) is 13.6 Å². The summed E-state index contributed by atoms with van der Waals surface area (Å²) in [4.78, 5) is 7.61. The highest BCUT2D eigenvalue weighted by Crippen LogP contribution is 2.46. The second kappa shape index (κ2) is 4.42. The molecule has 1 aliphatic carbocycles. The minimum Gasteiger partial charge on any atom is -0.341 e. The Labute approximate surface area is 110 Å². The van der Waals surface area contributed by atoms with E-state index >= 15 is 0 Å². The highest BCUT2D eigenvalue weighted by Gasteiger charge is 2.46. The molecule has 2 N–H and O–H groups in total. The van der Waals surface area contributed by atoms with Gasteiger partial charge in [-0.1, -0.05) is 0 Å². The van der Waals surface area contributed by atoms with Crippen LogP contribution in [0.25, 0.3) is 11.3 Å². The van der Waals surface area contributed by atoms with Gasteiger partial charge in [0.1, 0.15) is 5.82 Å². The van der Waals surface area contributed by atoms with Gasteiger partial charge in [-0.2, -0.15) is 0 Å². The molecule has 1 heterocycles. The van der Waals surface area contributed by atoms with Crippen molar-refractivity contribution < 1.29 is 8.78 Å². The molecule has 0 saturated heterocycles. The van der Waals surface area contributed by atoms with Gasteiger partial charge in [0.05, 0.1) is 11.9 Å². The minimum atomic E-state index is -0.843. The fraction of sp³-hybridized carbons (Fsp3) is 0.357. The molecule has 0 unspecified atom stereocenters. The summed E-state index contributed by atoms with van der Waals surface area (Å²) in [5.74, 6) is -0.760. The molecule has 3 rings (SSSR count). The van der Waals surface area contributed by atoms with E-state index in [9.17, 15) is 8.78 Å². The summed E-state index contributed by atoms with van der Waals surface area (Å²) in [6.07, 6.45) is 3.87. The monoisotopic (exact) mass is 263 g/mol. The van der Waals surface area contributed by atoms with E-state index in [0.717, 1.165) is 37.0 Å². The van der Waals surface area contributed by atoms with E-state index in [0.29, 0.717) is 5.56 Å². The maximum absolute atomic E-state index is 13.2. The van der Waals surface area contributed by atoms with E-state index < -0.39 is 11.6 Å². The van der Waals surface area contributed by atoms with Gasteiger partial charge in [-0.05, 0) is 38.1 Å². The molecule has 2 aromatic rings. The normalized spacial score (nSPS) is 16.6. The molecule has 3 nitrogen and oxygen atoms in total. The van der Waals surface area contributed by atoms with Crippen LogP contribution in [0.5, 0.6) is 0 Å². The van der Waals surface area contributed by atoms with Crippen molar-refractivity contribution in [3.05, 3.63) is 41.9 Å². The van der Waals surface area contributed by atoms with Gasteiger partial charge < -0.3 is 10.3 Å². The van der Waals surface area contributed by atoms with E-state index in [-0.39, 0.29) is 5.41 Å².